The maximum Gasteiger partial charge on any atom is 0.220 e. The third kappa shape index (κ3) is 6.06. The molecule has 0 atom stereocenters. The first-order valence-corrected chi connectivity index (χ1v) is 8.51. The third-order valence-electron chi connectivity index (χ3n) is 3.87. The molecule has 6 nitrogen and oxygen atoms in total. The third-order valence-corrected chi connectivity index (χ3v) is 3.87. The van der Waals surface area contributed by atoms with Crippen molar-refractivity contribution in [1.29, 1.82) is 0 Å². The van der Waals surface area contributed by atoms with E-state index in [9.17, 15) is 9.18 Å². The molecule has 2 aromatic rings. The minimum absolute atomic E-state index is 0.0912. The van der Waals surface area contributed by atoms with Crippen LogP contribution in [0.15, 0.2) is 36.4 Å². The summed E-state index contributed by atoms with van der Waals surface area (Å²) in [7, 11) is 4.64. The van der Waals surface area contributed by atoms with Crippen molar-refractivity contribution < 1.29 is 28.1 Å². The van der Waals surface area contributed by atoms with Gasteiger partial charge < -0.3 is 24.3 Å². The molecule has 0 spiro atoms. The molecular weight excluding hydrogens is 353 g/mol. The summed E-state index contributed by atoms with van der Waals surface area (Å²) in [6.45, 7) is 0.674. The fourth-order valence-electron chi connectivity index (χ4n) is 2.52. The molecule has 2 aromatic carbocycles. The first-order chi connectivity index (χ1) is 13.1. The number of rotatable bonds is 10. The van der Waals surface area contributed by atoms with Gasteiger partial charge in [0.05, 0.1) is 27.9 Å². The quantitative estimate of drug-likeness (QED) is 0.645. The zero-order valence-electron chi connectivity index (χ0n) is 15.7. The van der Waals surface area contributed by atoms with Crippen molar-refractivity contribution in [2.24, 2.45) is 0 Å². The second-order valence-electron chi connectivity index (χ2n) is 5.69. The Labute approximate surface area is 158 Å². The number of aryl methyl sites for hydroxylation is 1. The Morgan fingerprint density at radius 1 is 1.00 bits per heavy atom. The van der Waals surface area contributed by atoms with E-state index >= 15 is 0 Å². The number of amides is 1. The second-order valence-corrected chi connectivity index (χ2v) is 5.69. The average molecular weight is 377 g/mol. The molecule has 0 aliphatic carbocycles. The van der Waals surface area contributed by atoms with Crippen LogP contribution in [-0.4, -0.2) is 40.4 Å². The van der Waals surface area contributed by atoms with Gasteiger partial charge >= 0.3 is 0 Å². The minimum Gasteiger partial charge on any atom is -0.493 e. The van der Waals surface area contributed by atoms with Gasteiger partial charge in [-0.15, -0.1) is 0 Å². The van der Waals surface area contributed by atoms with Crippen molar-refractivity contribution in [3.63, 3.8) is 0 Å². The highest BCUT2D eigenvalue weighted by Gasteiger charge is 2.13. The molecule has 1 N–H and O–H groups in total. The fourth-order valence-corrected chi connectivity index (χ4v) is 2.52. The number of carbonyl (C=O) groups is 1. The van der Waals surface area contributed by atoms with Gasteiger partial charge in [0.2, 0.25) is 11.7 Å². The maximum absolute atomic E-state index is 12.8. The number of ether oxygens (including phenoxy) is 4. The number of hydrogen-bond acceptors (Lipinski definition) is 5. The van der Waals surface area contributed by atoms with Gasteiger partial charge in [-0.3, -0.25) is 4.79 Å². The summed E-state index contributed by atoms with van der Waals surface area (Å²) in [6, 6.07) is 9.39. The maximum atomic E-state index is 12.8. The molecule has 0 saturated heterocycles. The number of carbonyl (C=O) groups excluding carboxylic acids is 1. The largest absolute Gasteiger partial charge is 0.493 e. The second kappa shape index (κ2) is 10.3. The number of methoxy groups -OCH3 is 3. The van der Waals surface area contributed by atoms with E-state index in [0.717, 1.165) is 5.56 Å². The van der Waals surface area contributed by atoms with E-state index in [4.69, 9.17) is 18.9 Å². The Kier molecular flexibility index (Phi) is 7.73. The Bertz CT molecular complexity index is 724. The molecule has 0 bridgehead atoms. The predicted octanol–water partition coefficient (Wildman–Crippen LogP) is 2.98. The Balaban J connectivity index is 1.78. The van der Waals surface area contributed by atoms with Crippen LogP contribution in [0.3, 0.4) is 0 Å². The Morgan fingerprint density at radius 2 is 1.63 bits per heavy atom. The van der Waals surface area contributed by atoms with E-state index in [1.165, 1.54) is 12.1 Å². The molecule has 0 unspecified atom stereocenters. The van der Waals surface area contributed by atoms with Crippen LogP contribution in [0, 0.1) is 5.82 Å². The molecule has 27 heavy (non-hydrogen) atoms. The minimum atomic E-state index is -0.317. The summed E-state index contributed by atoms with van der Waals surface area (Å²) in [5.41, 5.74) is 0.905. The summed E-state index contributed by atoms with van der Waals surface area (Å²) < 4.78 is 34.1. The molecular formula is C20H24FNO5. The van der Waals surface area contributed by atoms with Gasteiger partial charge in [-0.25, -0.2) is 4.39 Å². The van der Waals surface area contributed by atoms with E-state index in [1.54, 1.807) is 33.5 Å². The normalized spacial score (nSPS) is 10.2. The lowest BCUT2D eigenvalue weighted by atomic mass is 10.1. The van der Waals surface area contributed by atoms with Crippen molar-refractivity contribution in [2.75, 3.05) is 34.5 Å². The fraction of sp³-hybridized carbons (Fsp3) is 0.350. The van der Waals surface area contributed by atoms with Gasteiger partial charge in [-0.1, -0.05) is 0 Å². The molecule has 2 rings (SSSR count). The molecule has 7 heteroatoms. The number of benzene rings is 2. The molecule has 146 valence electrons. The van der Waals surface area contributed by atoms with Gasteiger partial charge in [0.1, 0.15) is 18.2 Å². The van der Waals surface area contributed by atoms with Crippen LogP contribution in [0.4, 0.5) is 4.39 Å². The van der Waals surface area contributed by atoms with Crippen LogP contribution in [0.2, 0.25) is 0 Å². The van der Waals surface area contributed by atoms with Gasteiger partial charge in [-0.05, 0) is 48.4 Å². The topological polar surface area (TPSA) is 66.0 Å². The lowest BCUT2D eigenvalue weighted by Crippen LogP contribution is -2.28. The average Bonchev–Trinajstić information content (AvgIpc) is 2.70. The highest BCUT2D eigenvalue weighted by molar-refractivity contribution is 5.76. The zero-order chi connectivity index (χ0) is 19.6. The van der Waals surface area contributed by atoms with Crippen LogP contribution in [-0.2, 0) is 11.2 Å². The van der Waals surface area contributed by atoms with Gasteiger partial charge in [0, 0.05) is 6.42 Å². The SMILES string of the molecule is COc1cc(CCC(=O)NCCOc2ccc(F)cc2)cc(OC)c1OC. The molecule has 0 aliphatic heterocycles. The van der Waals surface area contributed by atoms with Crippen molar-refractivity contribution in [3.05, 3.63) is 47.8 Å². The van der Waals surface area contributed by atoms with Crippen molar-refractivity contribution in [3.8, 4) is 23.0 Å². The summed E-state index contributed by atoms with van der Waals surface area (Å²) in [5, 5.41) is 2.79. The monoisotopic (exact) mass is 377 g/mol. The van der Waals surface area contributed by atoms with E-state index in [1.807, 2.05) is 12.1 Å². The summed E-state index contributed by atoms with van der Waals surface area (Å²) in [5.74, 6) is 1.78. The summed E-state index contributed by atoms with van der Waals surface area (Å²) >= 11 is 0. The van der Waals surface area contributed by atoms with Crippen LogP contribution in [0.5, 0.6) is 23.0 Å². The van der Waals surface area contributed by atoms with Gasteiger partial charge in [0.25, 0.3) is 0 Å². The smallest absolute Gasteiger partial charge is 0.220 e. The van der Waals surface area contributed by atoms with Crippen molar-refractivity contribution in [2.45, 2.75) is 12.8 Å². The molecule has 0 aliphatic rings. The molecule has 0 radical (unpaired) electrons. The predicted molar refractivity (Wildman–Crippen MR) is 99.3 cm³/mol. The van der Waals surface area contributed by atoms with E-state index < -0.39 is 0 Å². The lowest BCUT2D eigenvalue weighted by molar-refractivity contribution is -0.121. The first-order valence-electron chi connectivity index (χ1n) is 8.51. The van der Waals surface area contributed by atoms with Crippen molar-refractivity contribution in [1.82, 2.24) is 5.32 Å². The standard InChI is InChI=1S/C20H24FNO5/c1-24-17-12-14(13-18(25-2)20(17)26-3)4-9-19(23)22-10-11-27-16-7-5-15(21)6-8-16/h5-8,12-13H,4,9-11H2,1-3H3,(H,22,23). The number of hydrogen-bond donors (Lipinski definition) is 1. The van der Waals surface area contributed by atoms with Gasteiger partial charge in [-0.2, -0.15) is 0 Å². The molecule has 0 fully saturated rings. The Morgan fingerprint density at radius 3 is 2.19 bits per heavy atom. The highest BCUT2D eigenvalue weighted by Crippen LogP contribution is 2.38. The molecule has 0 heterocycles. The first kappa shape index (κ1) is 20.4. The lowest BCUT2D eigenvalue weighted by Gasteiger charge is -2.14. The summed E-state index contributed by atoms with van der Waals surface area (Å²) in [6.07, 6.45) is 0.844. The van der Waals surface area contributed by atoms with Crippen LogP contribution in [0.1, 0.15) is 12.0 Å². The van der Waals surface area contributed by atoms with E-state index in [0.29, 0.717) is 49.0 Å². The Hall–Kier alpha value is -2.96. The van der Waals surface area contributed by atoms with E-state index in [2.05, 4.69) is 5.32 Å². The summed E-state index contributed by atoms with van der Waals surface area (Å²) in [4.78, 5) is 12.0. The van der Waals surface area contributed by atoms with Crippen LogP contribution < -0.4 is 24.3 Å². The van der Waals surface area contributed by atoms with Crippen molar-refractivity contribution >= 4 is 5.91 Å². The van der Waals surface area contributed by atoms with Crippen LogP contribution >= 0.6 is 0 Å². The highest BCUT2D eigenvalue weighted by atomic mass is 19.1. The van der Waals surface area contributed by atoms with Crippen LogP contribution in [0.25, 0.3) is 0 Å². The van der Waals surface area contributed by atoms with E-state index in [-0.39, 0.29) is 11.7 Å². The number of nitrogens with one attached hydrogen (secondary N) is 1. The zero-order valence-corrected chi connectivity index (χ0v) is 15.7. The number of halogens is 1. The molecule has 0 aromatic heterocycles. The molecule has 0 saturated carbocycles. The van der Waals surface area contributed by atoms with Gasteiger partial charge in [0.15, 0.2) is 11.5 Å². The molecule has 1 amide bonds.